The van der Waals surface area contributed by atoms with Gasteiger partial charge in [0.25, 0.3) is 0 Å². The number of hydrogen-bond acceptors (Lipinski definition) is 1. The van der Waals surface area contributed by atoms with E-state index in [1.54, 1.807) is 0 Å². The molecule has 0 atom stereocenters. The molecule has 1 rings (SSSR count). The van der Waals surface area contributed by atoms with Gasteiger partial charge in [-0.05, 0) is 17.5 Å². The number of benzene rings is 1. The van der Waals surface area contributed by atoms with Crippen molar-refractivity contribution in [1.29, 1.82) is 0 Å². The van der Waals surface area contributed by atoms with Crippen LogP contribution in [0.1, 0.15) is 63.0 Å². The monoisotopic (exact) mass is 398 g/mol. The maximum absolute atomic E-state index is 5.60. The van der Waals surface area contributed by atoms with Gasteiger partial charge in [0.2, 0.25) is 0 Å². The van der Waals surface area contributed by atoms with Gasteiger partial charge in [-0.1, -0.05) is 91.8 Å². The lowest BCUT2D eigenvalue weighted by molar-refractivity contribution is 0.153. The molecule has 0 heterocycles. The van der Waals surface area contributed by atoms with Crippen LogP contribution in [-0.2, 0) is 15.8 Å². The molecule has 0 saturated carbocycles. The van der Waals surface area contributed by atoms with E-state index in [1.807, 2.05) is 0 Å². The lowest BCUT2D eigenvalue weighted by Crippen LogP contribution is -1.93. The molecule has 0 saturated heterocycles. The van der Waals surface area contributed by atoms with Crippen molar-refractivity contribution in [3.05, 3.63) is 35.4 Å². The lowest BCUT2D eigenvalue weighted by atomic mass is 10.1. The van der Waals surface area contributed by atoms with Gasteiger partial charge in [0.1, 0.15) is 6.61 Å². The van der Waals surface area contributed by atoms with Crippen LogP contribution in [0.2, 0.25) is 0 Å². The summed E-state index contributed by atoms with van der Waals surface area (Å²) in [5, 5.41) is 0. The van der Waals surface area contributed by atoms with Crippen molar-refractivity contribution in [3.63, 3.8) is 0 Å². The fraction of sp³-hybridized carbons (Fsp3) is 0.579. The van der Waals surface area contributed by atoms with Gasteiger partial charge in [0, 0.05) is 10.8 Å². The van der Waals surface area contributed by atoms with E-state index in [1.165, 1.54) is 49.7 Å². The molecule has 0 aliphatic heterocycles. The molecule has 1 aromatic carbocycles. The van der Waals surface area contributed by atoms with E-state index in [4.69, 9.17) is 4.74 Å². The second kappa shape index (κ2) is 13.2. The van der Waals surface area contributed by atoms with E-state index in [0.29, 0.717) is 13.2 Å². The first kappa shape index (κ1) is 18.5. The van der Waals surface area contributed by atoms with Gasteiger partial charge < -0.3 is 4.74 Å². The van der Waals surface area contributed by atoms with E-state index in [-0.39, 0.29) is 0 Å². The molecule has 1 aromatic rings. The van der Waals surface area contributed by atoms with Crippen LogP contribution in [0.5, 0.6) is 0 Å². The van der Waals surface area contributed by atoms with Crippen LogP contribution < -0.4 is 0 Å². The van der Waals surface area contributed by atoms with Gasteiger partial charge in [-0.2, -0.15) is 0 Å². The smallest absolute Gasteiger partial charge is 0.108 e. The first-order chi connectivity index (χ1) is 10.4. The third kappa shape index (κ3) is 9.92. The van der Waals surface area contributed by atoms with E-state index in [9.17, 15) is 0 Å². The Kier molecular flexibility index (Phi) is 11.6. The highest BCUT2D eigenvalue weighted by atomic mass is 127. The summed E-state index contributed by atoms with van der Waals surface area (Å²) in [5.41, 5.74) is 2.59. The van der Waals surface area contributed by atoms with Crippen molar-refractivity contribution in [2.45, 2.75) is 62.9 Å². The standard InChI is InChI=1S/C19H27IO/c1-2-3-4-5-6-7-8-9-10-14-21-17-19-13-11-12-18(15-19)16-20/h11-13,15H,2-8,14,16-17H2,1H3. The molecular weight excluding hydrogens is 371 g/mol. The summed E-state index contributed by atoms with van der Waals surface area (Å²) in [5.74, 6) is 6.32. The Morgan fingerprint density at radius 3 is 2.57 bits per heavy atom. The molecule has 21 heavy (non-hydrogen) atoms. The van der Waals surface area contributed by atoms with Gasteiger partial charge in [-0.3, -0.25) is 0 Å². The van der Waals surface area contributed by atoms with E-state index in [0.717, 1.165) is 10.8 Å². The quantitative estimate of drug-likeness (QED) is 0.207. The van der Waals surface area contributed by atoms with Crippen molar-refractivity contribution in [2.75, 3.05) is 6.61 Å². The molecule has 0 fully saturated rings. The summed E-state index contributed by atoms with van der Waals surface area (Å²) in [6, 6.07) is 8.56. The molecule has 1 nitrogen and oxygen atoms in total. The summed E-state index contributed by atoms with van der Waals surface area (Å²) in [6.45, 7) is 3.46. The molecule has 0 aromatic heterocycles. The summed E-state index contributed by atoms with van der Waals surface area (Å²) in [6.07, 6.45) is 8.99. The second-order valence-corrected chi connectivity index (χ2v) is 6.08. The molecule has 0 unspecified atom stereocenters. The average Bonchev–Trinajstić information content (AvgIpc) is 2.53. The zero-order valence-corrected chi connectivity index (χ0v) is 15.3. The molecule has 0 aliphatic rings. The Morgan fingerprint density at radius 1 is 1.00 bits per heavy atom. The van der Waals surface area contributed by atoms with Gasteiger partial charge in [0.15, 0.2) is 0 Å². The Hall–Kier alpha value is -0.530. The highest BCUT2D eigenvalue weighted by Gasteiger charge is 1.94. The number of halogens is 1. The minimum absolute atomic E-state index is 0.546. The van der Waals surface area contributed by atoms with Crippen molar-refractivity contribution >= 4 is 22.6 Å². The fourth-order valence-corrected chi connectivity index (χ4v) is 2.63. The molecule has 0 amide bonds. The summed E-state index contributed by atoms with van der Waals surface area (Å²) in [7, 11) is 0. The van der Waals surface area contributed by atoms with Crippen LogP contribution in [0.15, 0.2) is 24.3 Å². The van der Waals surface area contributed by atoms with Gasteiger partial charge >= 0.3 is 0 Å². The molecule has 0 aliphatic carbocycles. The topological polar surface area (TPSA) is 9.23 Å². The average molecular weight is 398 g/mol. The second-order valence-electron chi connectivity index (χ2n) is 5.32. The van der Waals surface area contributed by atoms with Crippen LogP contribution >= 0.6 is 22.6 Å². The van der Waals surface area contributed by atoms with Crippen LogP contribution in [-0.4, -0.2) is 6.61 Å². The highest BCUT2D eigenvalue weighted by Crippen LogP contribution is 2.10. The number of ether oxygens (including phenoxy) is 1. The first-order valence-corrected chi connectivity index (χ1v) is 9.56. The molecule has 0 N–H and O–H groups in total. The van der Waals surface area contributed by atoms with Crippen molar-refractivity contribution < 1.29 is 4.74 Å². The van der Waals surface area contributed by atoms with E-state index < -0.39 is 0 Å². The maximum Gasteiger partial charge on any atom is 0.108 e. The third-order valence-electron chi connectivity index (χ3n) is 3.37. The number of alkyl halides is 1. The first-order valence-electron chi connectivity index (χ1n) is 8.04. The Bertz CT molecular complexity index is 431. The van der Waals surface area contributed by atoms with Gasteiger partial charge in [-0.15, -0.1) is 5.92 Å². The van der Waals surface area contributed by atoms with Crippen LogP contribution in [0.3, 0.4) is 0 Å². The number of rotatable bonds is 10. The summed E-state index contributed by atoms with van der Waals surface area (Å²) < 4.78 is 6.65. The molecular formula is C19H27IO. The summed E-state index contributed by atoms with van der Waals surface area (Å²) in [4.78, 5) is 0. The van der Waals surface area contributed by atoms with Gasteiger partial charge in [0.05, 0.1) is 6.61 Å². The number of hydrogen-bond donors (Lipinski definition) is 0. The predicted octanol–water partition coefficient (Wildman–Crippen LogP) is 5.89. The fourth-order valence-electron chi connectivity index (χ4n) is 2.16. The zero-order valence-electron chi connectivity index (χ0n) is 13.2. The zero-order chi connectivity index (χ0) is 15.2. The van der Waals surface area contributed by atoms with E-state index >= 15 is 0 Å². The normalized spacial score (nSPS) is 10.2. The lowest BCUT2D eigenvalue weighted by Gasteiger charge is -2.02. The largest absolute Gasteiger partial charge is 0.364 e. The van der Waals surface area contributed by atoms with Gasteiger partial charge in [-0.25, -0.2) is 0 Å². The van der Waals surface area contributed by atoms with Crippen LogP contribution in [0, 0.1) is 11.8 Å². The Morgan fingerprint density at radius 2 is 1.76 bits per heavy atom. The maximum atomic E-state index is 5.60. The van der Waals surface area contributed by atoms with Crippen LogP contribution in [0.25, 0.3) is 0 Å². The molecule has 2 heteroatoms. The molecule has 0 bridgehead atoms. The summed E-state index contributed by atoms with van der Waals surface area (Å²) >= 11 is 2.38. The highest BCUT2D eigenvalue weighted by molar-refractivity contribution is 14.1. The minimum Gasteiger partial charge on any atom is -0.364 e. The molecule has 0 radical (unpaired) electrons. The molecule has 0 spiro atoms. The van der Waals surface area contributed by atoms with Crippen molar-refractivity contribution in [3.8, 4) is 11.8 Å². The van der Waals surface area contributed by atoms with Crippen LogP contribution in [0.4, 0.5) is 0 Å². The third-order valence-corrected chi connectivity index (χ3v) is 4.25. The van der Waals surface area contributed by atoms with Crippen molar-refractivity contribution in [1.82, 2.24) is 0 Å². The number of unbranched alkanes of at least 4 members (excludes halogenated alkanes) is 6. The van der Waals surface area contributed by atoms with E-state index in [2.05, 4.69) is 65.6 Å². The Labute approximate surface area is 144 Å². The SMILES string of the molecule is CCCCCCCCC#CCOCc1cccc(CI)c1. The minimum atomic E-state index is 0.546. The van der Waals surface area contributed by atoms with Crippen molar-refractivity contribution in [2.24, 2.45) is 0 Å². The molecule has 116 valence electrons. The predicted molar refractivity (Wildman–Crippen MR) is 99.6 cm³/mol. The Balaban J connectivity index is 2.02.